The van der Waals surface area contributed by atoms with Crippen LogP contribution in [0.1, 0.15) is 25.3 Å². The number of aromatic nitrogens is 2. The first-order valence-electron chi connectivity index (χ1n) is 5.94. The third-order valence-electron chi connectivity index (χ3n) is 2.69. The summed E-state index contributed by atoms with van der Waals surface area (Å²) in [7, 11) is 1.57. The van der Waals surface area contributed by atoms with Crippen molar-refractivity contribution in [3.63, 3.8) is 0 Å². The molecule has 0 fully saturated rings. The molecule has 0 saturated carbocycles. The van der Waals surface area contributed by atoms with Crippen LogP contribution in [0.15, 0.2) is 40.5 Å². The molecule has 0 aliphatic carbocycles. The van der Waals surface area contributed by atoms with E-state index in [0.717, 1.165) is 9.92 Å². The number of benzene rings is 1. The molecule has 0 N–H and O–H groups in total. The summed E-state index contributed by atoms with van der Waals surface area (Å²) in [6.07, 6.45) is 1.44. The van der Waals surface area contributed by atoms with E-state index in [4.69, 9.17) is 16.3 Å². The third kappa shape index (κ3) is 3.39. The van der Waals surface area contributed by atoms with Crippen molar-refractivity contribution in [3.8, 4) is 5.75 Å². The van der Waals surface area contributed by atoms with Gasteiger partial charge in [-0.05, 0) is 23.6 Å². The Morgan fingerprint density at radius 2 is 1.84 bits per heavy atom. The molecule has 0 atom stereocenters. The van der Waals surface area contributed by atoms with Crippen molar-refractivity contribution in [1.29, 1.82) is 0 Å². The number of nitrogens with zero attached hydrogens (tertiary/aromatic N) is 2. The SMILES string of the molecule is COc1c(Cl)ncnc1Sc1ccc(C(C)C)cc1. The molecular formula is C14H15ClN2OS. The summed E-state index contributed by atoms with van der Waals surface area (Å²) in [5, 5.41) is 1.05. The Bertz CT molecular complexity index is 558. The highest BCUT2D eigenvalue weighted by molar-refractivity contribution is 7.99. The smallest absolute Gasteiger partial charge is 0.188 e. The molecule has 100 valence electrons. The molecule has 0 aliphatic rings. The lowest BCUT2D eigenvalue weighted by Gasteiger charge is -2.09. The van der Waals surface area contributed by atoms with Crippen LogP contribution in [0.5, 0.6) is 5.75 Å². The monoisotopic (exact) mass is 294 g/mol. The number of methoxy groups -OCH3 is 1. The summed E-state index contributed by atoms with van der Waals surface area (Å²) in [6.45, 7) is 4.35. The van der Waals surface area contributed by atoms with Crippen LogP contribution in [0.3, 0.4) is 0 Å². The molecule has 0 radical (unpaired) electrons. The van der Waals surface area contributed by atoms with E-state index in [2.05, 4.69) is 48.1 Å². The molecule has 5 heteroatoms. The Balaban J connectivity index is 2.24. The molecule has 0 aliphatic heterocycles. The predicted molar refractivity (Wildman–Crippen MR) is 78.2 cm³/mol. The standard InChI is InChI=1S/C14H15ClN2OS/c1-9(2)10-4-6-11(7-5-10)19-14-12(18-3)13(15)16-8-17-14/h4-9H,1-3H3. The van der Waals surface area contributed by atoms with Crippen molar-refractivity contribution in [2.24, 2.45) is 0 Å². The first-order valence-corrected chi connectivity index (χ1v) is 7.13. The second kappa shape index (κ2) is 6.26. The maximum Gasteiger partial charge on any atom is 0.188 e. The highest BCUT2D eigenvalue weighted by Crippen LogP contribution is 2.36. The normalized spacial score (nSPS) is 10.8. The second-order valence-electron chi connectivity index (χ2n) is 4.33. The summed E-state index contributed by atoms with van der Waals surface area (Å²) in [5.74, 6) is 1.05. The molecule has 0 unspecified atom stereocenters. The van der Waals surface area contributed by atoms with E-state index in [1.54, 1.807) is 7.11 Å². The molecule has 3 nitrogen and oxygen atoms in total. The second-order valence-corrected chi connectivity index (χ2v) is 5.75. The Kier molecular flexibility index (Phi) is 4.66. The number of hydrogen-bond donors (Lipinski definition) is 0. The average Bonchev–Trinajstić information content (AvgIpc) is 2.39. The van der Waals surface area contributed by atoms with Gasteiger partial charge in [-0.25, -0.2) is 9.97 Å². The van der Waals surface area contributed by atoms with Crippen LogP contribution in [-0.4, -0.2) is 17.1 Å². The van der Waals surface area contributed by atoms with Gasteiger partial charge in [-0.15, -0.1) is 0 Å². The van der Waals surface area contributed by atoms with Crippen molar-refractivity contribution in [2.45, 2.75) is 29.7 Å². The van der Waals surface area contributed by atoms with E-state index in [1.807, 2.05) is 0 Å². The topological polar surface area (TPSA) is 35.0 Å². The molecule has 2 rings (SSSR count). The Morgan fingerprint density at radius 1 is 1.16 bits per heavy atom. The van der Waals surface area contributed by atoms with Crippen LogP contribution < -0.4 is 4.74 Å². The van der Waals surface area contributed by atoms with Crippen LogP contribution >= 0.6 is 23.4 Å². The van der Waals surface area contributed by atoms with E-state index in [0.29, 0.717) is 16.8 Å². The third-order valence-corrected chi connectivity index (χ3v) is 3.95. The Hall–Kier alpha value is -1.26. The molecule has 1 aromatic carbocycles. The number of rotatable bonds is 4. The van der Waals surface area contributed by atoms with Gasteiger partial charge in [0.15, 0.2) is 10.9 Å². The van der Waals surface area contributed by atoms with Crippen molar-refractivity contribution in [3.05, 3.63) is 41.3 Å². The van der Waals surface area contributed by atoms with E-state index in [1.165, 1.54) is 23.7 Å². The van der Waals surface area contributed by atoms with Gasteiger partial charge in [0.05, 0.1) is 7.11 Å². The van der Waals surface area contributed by atoms with Gasteiger partial charge < -0.3 is 4.74 Å². The summed E-state index contributed by atoms with van der Waals surface area (Å²) >= 11 is 7.49. The van der Waals surface area contributed by atoms with Crippen LogP contribution in [0.25, 0.3) is 0 Å². The summed E-state index contributed by atoms with van der Waals surface area (Å²) in [6, 6.07) is 8.41. The van der Waals surface area contributed by atoms with E-state index in [9.17, 15) is 0 Å². The van der Waals surface area contributed by atoms with Crippen LogP contribution in [-0.2, 0) is 0 Å². The van der Waals surface area contributed by atoms with Crippen molar-refractivity contribution < 1.29 is 4.74 Å². The zero-order chi connectivity index (χ0) is 13.8. The number of halogens is 1. The molecule has 2 aromatic rings. The number of hydrogen-bond acceptors (Lipinski definition) is 4. The van der Waals surface area contributed by atoms with Crippen molar-refractivity contribution >= 4 is 23.4 Å². The number of ether oxygens (including phenoxy) is 1. The van der Waals surface area contributed by atoms with Gasteiger partial charge in [0.1, 0.15) is 11.4 Å². The van der Waals surface area contributed by atoms with Gasteiger partial charge in [-0.1, -0.05) is 49.3 Å². The molecular weight excluding hydrogens is 280 g/mol. The van der Waals surface area contributed by atoms with Crippen molar-refractivity contribution in [2.75, 3.05) is 7.11 Å². The first-order chi connectivity index (χ1) is 9.11. The Morgan fingerprint density at radius 3 is 2.42 bits per heavy atom. The van der Waals surface area contributed by atoms with E-state index in [-0.39, 0.29) is 0 Å². The summed E-state index contributed by atoms with van der Waals surface area (Å²) < 4.78 is 5.23. The fourth-order valence-electron chi connectivity index (χ4n) is 1.61. The molecule has 0 saturated heterocycles. The zero-order valence-corrected chi connectivity index (χ0v) is 12.6. The molecule has 0 spiro atoms. The maximum absolute atomic E-state index is 5.97. The van der Waals surface area contributed by atoms with Gasteiger partial charge in [-0.3, -0.25) is 0 Å². The zero-order valence-electron chi connectivity index (χ0n) is 11.1. The average molecular weight is 295 g/mol. The van der Waals surface area contributed by atoms with Gasteiger partial charge in [0.2, 0.25) is 0 Å². The minimum absolute atomic E-state index is 0.332. The van der Waals surface area contributed by atoms with Crippen LogP contribution in [0.4, 0.5) is 0 Å². The lowest BCUT2D eigenvalue weighted by Crippen LogP contribution is -1.93. The highest BCUT2D eigenvalue weighted by Gasteiger charge is 2.11. The van der Waals surface area contributed by atoms with Gasteiger partial charge in [0.25, 0.3) is 0 Å². The van der Waals surface area contributed by atoms with Gasteiger partial charge in [0, 0.05) is 4.90 Å². The molecule has 0 bridgehead atoms. The van der Waals surface area contributed by atoms with Crippen molar-refractivity contribution in [1.82, 2.24) is 9.97 Å². The molecule has 1 aromatic heterocycles. The largest absolute Gasteiger partial charge is 0.491 e. The fraction of sp³-hybridized carbons (Fsp3) is 0.286. The minimum atomic E-state index is 0.332. The summed E-state index contributed by atoms with van der Waals surface area (Å²) in [4.78, 5) is 9.21. The quantitative estimate of drug-likeness (QED) is 0.782. The minimum Gasteiger partial charge on any atom is -0.491 e. The molecule has 0 amide bonds. The van der Waals surface area contributed by atoms with Crippen LogP contribution in [0.2, 0.25) is 5.15 Å². The lowest BCUT2D eigenvalue weighted by molar-refractivity contribution is 0.398. The lowest BCUT2D eigenvalue weighted by atomic mass is 10.0. The first kappa shape index (κ1) is 14.2. The van der Waals surface area contributed by atoms with Crippen LogP contribution in [0, 0.1) is 0 Å². The fourth-order valence-corrected chi connectivity index (χ4v) is 2.75. The summed E-state index contributed by atoms with van der Waals surface area (Å²) in [5.41, 5.74) is 1.32. The van der Waals surface area contributed by atoms with Gasteiger partial charge in [-0.2, -0.15) is 0 Å². The van der Waals surface area contributed by atoms with Gasteiger partial charge >= 0.3 is 0 Å². The molecule has 19 heavy (non-hydrogen) atoms. The molecule has 1 heterocycles. The Labute approximate surface area is 122 Å². The van der Waals surface area contributed by atoms with E-state index >= 15 is 0 Å². The van der Waals surface area contributed by atoms with E-state index < -0.39 is 0 Å². The maximum atomic E-state index is 5.97. The predicted octanol–water partition coefficient (Wildman–Crippen LogP) is 4.41. The highest BCUT2D eigenvalue weighted by atomic mass is 35.5.